The van der Waals surface area contributed by atoms with Gasteiger partial charge in [-0.15, -0.1) is 0 Å². The Balaban J connectivity index is 1.58. The van der Waals surface area contributed by atoms with E-state index in [1.807, 2.05) is 35.2 Å². The smallest absolute Gasteiger partial charge is 0.253 e. The predicted molar refractivity (Wildman–Crippen MR) is 131 cm³/mol. The van der Waals surface area contributed by atoms with Gasteiger partial charge in [-0.1, -0.05) is 30.7 Å². The molecule has 0 aliphatic carbocycles. The average molecular weight is 436 g/mol. The minimum absolute atomic E-state index is 0.0798. The molecular formula is C25H29N3O2S. The maximum Gasteiger partial charge on any atom is 0.253 e. The van der Waals surface area contributed by atoms with E-state index in [-0.39, 0.29) is 11.7 Å². The van der Waals surface area contributed by atoms with Gasteiger partial charge in [0.15, 0.2) is 5.11 Å². The van der Waals surface area contributed by atoms with Gasteiger partial charge in [-0.3, -0.25) is 4.79 Å². The number of H-pyrrole nitrogens is 1. The standard InChI is InChI=1S/C25H29N3O2S/c1-3-18-7-9-21(10-8-18)26-25(31)28(16-22-5-4-12-30-22)15-20-14-19-13-17(2)6-11-23(19)27-24(20)29/h6-11,13-14,22H,3-5,12,15-16H2,1-2H3,(H,26,31)(H,27,29)/t22-/m1/s1. The van der Waals surface area contributed by atoms with Gasteiger partial charge in [0.2, 0.25) is 0 Å². The first-order valence-corrected chi connectivity index (χ1v) is 11.3. The van der Waals surface area contributed by atoms with Crippen LogP contribution < -0.4 is 10.9 Å². The van der Waals surface area contributed by atoms with Gasteiger partial charge in [-0.05, 0) is 79.7 Å². The number of anilines is 1. The van der Waals surface area contributed by atoms with E-state index in [4.69, 9.17) is 17.0 Å². The van der Waals surface area contributed by atoms with Crippen LogP contribution in [-0.4, -0.2) is 34.3 Å². The maximum atomic E-state index is 12.8. The Labute approximate surface area is 188 Å². The molecule has 1 aliphatic rings. The molecule has 6 heteroatoms. The van der Waals surface area contributed by atoms with E-state index in [1.54, 1.807) is 0 Å². The molecule has 0 radical (unpaired) electrons. The number of pyridine rings is 1. The Hall–Kier alpha value is -2.70. The van der Waals surface area contributed by atoms with Gasteiger partial charge < -0.3 is 19.9 Å². The first kappa shape index (κ1) is 21.5. The summed E-state index contributed by atoms with van der Waals surface area (Å²) in [7, 11) is 0. The summed E-state index contributed by atoms with van der Waals surface area (Å²) in [6.45, 7) is 6.06. The number of hydrogen-bond acceptors (Lipinski definition) is 3. The lowest BCUT2D eigenvalue weighted by molar-refractivity contribution is 0.0904. The van der Waals surface area contributed by atoms with E-state index >= 15 is 0 Å². The molecule has 1 atom stereocenters. The molecule has 162 valence electrons. The third-order valence-electron chi connectivity index (χ3n) is 5.79. The molecule has 2 heterocycles. The van der Waals surface area contributed by atoms with E-state index in [2.05, 4.69) is 42.3 Å². The normalized spacial score (nSPS) is 15.9. The number of benzene rings is 2. The lowest BCUT2D eigenvalue weighted by Gasteiger charge is -2.28. The lowest BCUT2D eigenvalue weighted by Crippen LogP contribution is -2.40. The quantitative estimate of drug-likeness (QED) is 0.546. The molecule has 2 aromatic carbocycles. The zero-order valence-electron chi connectivity index (χ0n) is 18.1. The number of aryl methyl sites for hydroxylation is 2. The first-order valence-electron chi connectivity index (χ1n) is 10.9. The van der Waals surface area contributed by atoms with Gasteiger partial charge in [0, 0.05) is 29.9 Å². The second kappa shape index (κ2) is 9.62. The second-order valence-electron chi connectivity index (χ2n) is 8.21. The molecule has 0 amide bonds. The number of nitrogens with zero attached hydrogens (tertiary/aromatic N) is 1. The van der Waals surface area contributed by atoms with Gasteiger partial charge in [-0.25, -0.2) is 0 Å². The van der Waals surface area contributed by atoms with Crippen LogP contribution in [-0.2, 0) is 17.7 Å². The van der Waals surface area contributed by atoms with Crippen molar-refractivity contribution in [3.63, 3.8) is 0 Å². The molecule has 1 aliphatic heterocycles. The van der Waals surface area contributed by atoms with Crippen LogP contribution in [0.15, 0.2) is 53.3 Å². The third-order valence-corrected chi connectivity index (χ3v) is 6.15. The molecular weight excluding hydrogens is 406 g/mol. The summed E-state index contributed by atoms with van der Waals surface area (Å²) in [6.07, 6.45) is 3.20. The average Bonchev–Trinajstić information content (AvgIpc) is 3.27. The highest BCUT2D eigenvalue weighted by molar-refractivity contribution is 7.80. The Morgan fingerprint density at radius 1 is 1.23 bits per heavy atom. The van der Waals surface area contributed by atoms with Crippen LogP contribution in [0.5, 0.6) is 0 Å². The van der Waals surface area contributed by atoms with Crippen molar-refractivity contribution < 1.29 is 4.74 Å². The Kier molecular flexibility index (Phi) is 6.68. The van der Waals surface area contributed by atoms with Crippen molar-refractivity contribution in [2.24, 2.45) is 0 Å². The van der Waals surface area contributed by atoms with E-state index in [9.17, 15) is 4.79 Å². The molecule has 0 bridgehead atoms. The molecule has 0 spiro atoms. The number of hydrogen-bond donors (Lipinski definition) is 2. The van der Waals surface area contributed by atoms with E-state index in [0.717, 1.165) is 48.0 Å². The zero-order chi connectivity index (χ0) is 21.8. The topological polar surface area (TPSA) is 57.4 Å². The number of nitrogens with one attached hydrogen (secondary N) is 2. The molecule has 2 N–H and O–H groups in total. The van der Waals surface area contributed by atoms with E-state index in [0.29, 0.717) is 23.8 Å². The molecule has 0 saturated carbocycles. The number of thiocarbonyl (C=S) groups is 1. The number of aromatic amines is 1. The van der Waals surface area contributed by atoms with Crippen molar-refractivity contribution in [1.82, 2.24) is 9.88 Å². The third kappa shape index (κ3) is 5.32. The molecule has 4 rings (SSSR count). The van der Waals surface area contributed by atoms with Gasteiger partial charge >= 0.3 is 0 Å². The SMILES string of the molecule is CCc1ccc(NC(=S)N(Cc2cc3cc(C)ccc3[nH]c2=O)C[C@H]2CCCO2)cc1. The fourth-order valence-corrected chi connectivity index (χ4v) is 4.23. The van der Waals surface area contributed by atoms with Gasteiger partial charge in [0.25, 0.3) is 5.56 Å². The highest BCUT2D eigenvalue weighted by atomic mass is 32.1. The molecule has 0 unspecified atom stereocenters. The lowest BCUT2D eigenvalue weighted by atomic mass is 10.1. The molecule has 3 aromatic rings. The fraction of sp³-hybridized carbons (Fsp3) is 0.360. The summed E-state index contributed by atoms with van der Waals surface area (Å²) < 4.78 is 5.85. The Morgan fingerprint density at radius 3 is 2.74 bits per heavy atom. The summed E-state index contributed by atoms with van der Waals surface area (Å²) in [4.78, 5) is 17.8. The highest BCUT2D eigenvalue weighted by Gasteiger charge is 2.22. The van der Waals surface area contributed by atoms with Crippen molar-refractivity contribution in [2.45, 2.75) is 45.8 Å². The molecule has 1 aromatic heterocycles. The van der Waals surface area contributed by atoms with Crippen molar-refractivity contribution in [1.29, 1.82) is 0 Å². The minimum atomic E-state index is -0.0798. The minimum Gasteiger partial charge on any atom is -0.376 e. The van der Waals surface area contributed by atoms with Gasteiger partial charge in [0.05, 0.1) is 12.6 Å². The van der Waals surface area contributed by atoms with E-state index in [1.165, 1.54) is 5.56 Å². The molecule has 5 nitrogen and oxygen atoms in total. The number of aromatic nitrogens is 1. The van der Waals surface area contributed by atoms with Crippen molar-refractivity contribution >= 4 is 33.9 Å². The van der Waals surface area contributed by atoms with Crippen LogP contribution >= 0.6 is 12.2 Å². The summed E-state index contributed by atoms with van der Waals surface area (Å²) in [5.41, 5.74) is 4.86. The number of rotatable bonds is 6. The number of ether oxygens (including phenoxy) is 1. The number of fused-ring (bicyclic) bond motifs is 1. The summed E-state index contributed by atoms with van der Waals surface area (Å²) in [6, 6.07) is 16.3. The molecule has 31 heavy (non-hydrogen) atoms. The Morgan fingerprint density at radius 2 is 2.03 bits per heavy atom. The summed E-state index contributed by atoms with van der Waals surface area (Å²) in [5.74, 6) is 0. The van der Waals surface area contributed by atoms with Crippen molar-refractivity contribution in [3.05, 3.63) is 75.6 Å². The largest absolute Gasteiger partial charge is 0.376 e. The maximum absolute atomic E-state index is 12.8. The molecule has 1 fully saturated rings. The predicted octanol–water partition coefficient (Wildman–Crippen LogP) is 4.78. The first-order chi connectivity index (χ1) is 15.0. The summed E-state index contributed by atoms with van der Waals surface area (Å²) in [5, 5.41) is 4.97. The van der Waals surface area contributed by atoms with Crippen LogP contribution in [0.3, 0.4) is 0 Å². The monoisotopic (exact) mass is 435 g/mol. The van der Waals surface area contributed by atoms with Gasteiger partial charge in [0.1, 0.15) is 0 Å². The second-order valence-corrected chi connectivity index (χ2v) is 8.60. The van der Waals surface area contributed by atoms with Gasteiger partial charge in [-0.2, -0.15) is 0 Å². The van der Waals surface area contributed by atoms with Crippen molar-refractivity contribution in [3.8, 4) is 0 Å². The van der Waals surface area contributed by atoms with Crippen molar-refractivity contribution in [2.75, 3.05) is 18.5 Å². The summed E-state index contributed by atoms with van der Waals surface area (Å²) >= 11 is 5.76. The van der Waals surface area contributed by atoms with Crippen LogP contribution in [0.25, 0.3) is 10.9 Å². The highest BCUT2D eigenvalue weighted by Crippen LogP contribution is 2.18. The van der Waals surface area contributed by atoms with Crippen LogP contribution in [0.1, 0.15) is 36.5 Å². The molecule has 1 saturated heterocycles. The Bertz CT molecular complexity index is 1120. The van der Waals surface area contributed by atoms with Crippen LogP contribution in [0.2, 0.25) is 0 Å². The van der Waals surface area contributed by atoms with Crippen LogP contribution in [0, 0.1) is 6.92 Å². The van der Waals surface area contributed by atoms with Crippen LogP contribution in [0.4, 0.5) is 5.69 Å². The zero-order valence-corrected chi connectivity index (χ0v) is 18.9. The fourth-order valence-electron chi connectivity index (χ4n) is 3.97. The van der Waals surface area contributed by atoms with E-state index < -0.39 is 0 Å².